The van der Waals surface area contributed by atoms with Gasteiger partial charge in [0.2, 0.25) is 0 Å². The first-order chi connectivity index (χ1) is 15.9. The predicted octanol–water partition coefficient (Wildman–Crippen LogP) is 8.35. The Morgan fingerprint density at radius 1 is 1.03 bits per heavy atom. The number of benzene rings is 3. The molecule has 33 heavy (non-hydrogen) atoms. The molecular weight excluding hydrogens is 543 g/mol. The molecule has 1 heterocycles. The average Bonchev–Trinajstić information content (AvgIpc) is 3.10. The Labute approximate surface area is 215 Å². The zero-order chi connectivity index (χ0) is 23.4. The topological polar surface area (TPSA) is 41.9 Å². The van der Waals surface area contributed by atoms with E-state index in [4.69, 9.17) is 32.9 Å². The molecule has 0 atom stereocenters. The minimum Gasteiger partial charge on any atom is -0.493 e. The smallest absolute Gasteiger partial charge is 0.271 e. The van der Waals surface area contributed by atoms with Gasteiger partial charge in [-0.3, -0.25) is 9.69 Å². The summed E-state index contributed by atoms with van der Waals surface area (Å²) in [6, 6.07) is 20.0. The molecule has 8 heteroatoms. The zero-order valence-corrected chi connectivity index (χ0v) is 21.5. The van der Waals surface area contributed by atoms with Crippen molar-refractivity contribution in [1.29, 1.82) is 0 Å². The Morgan fingerprint density at radius 3 is 2.36 bits per heavy atom. The number of nitrogens with zero attached hydrogens (tertiary/aromatic N) is 2. The number of anilines is 1. The van der Waals surface area contributed by atoms with Crippen molar-refractivity contribution in [3.05, 3.63) is 91.7 Å². The van der Waals surface area contributed by atoms with Gasteiger partial charge in [-0.1, -0.05) is 46.1 Å². The quantitative estimate of drug-likeness (QED) is 0.284. The third kappa shape index (κ3) is 5.82. The largest absolute Gasteiger partial charge is 0.493 e. The van der Waals surface area contributed by atoms with Gasteiger partial charge in [-0.2, -0.15) is 0 Å². The molecule has 0 aromatic heterocycles. The monoisotopic (exact) mass is 560 g/mol. The van der Waals surface area contributed by atoms with Gasteiger partial charge in [-0.15, -0.1) is 0 Å². The molecule has 1 aliphatic rings. The summed E-state index contributed by atoms with van der Waals surface area (Å²) in [7, 11) is 0. The number of amidine groups is 1. The van der Waals surface area contributed by atoms with Crippen molar-refractivity contribution in [2.24, 2.45) is 4.99 Å². The van der Waals surface area contributed by atoms with Crippen LogP contribution in [0.1, 0.15) is 18.9 Å². The summed E-state index contributed by atoms with van der Waals surface area (Å²) in [4.78, 5) is 20.4. The molecule has 1 fully saturated rings. The van der Waals surface area contributed by atoms with Crippen LogP contribution in [0.25, 0.3) is 6.08 Å². The van der Waals surface area contributed by atoms with Gasteiger partial charge in [0.05, 0.1) is 22.9 Å². The van der Waals surface area contributed by atoms with Gasteiger partial charge in [0.15, 0.2) is 5.17 Å². The Balaban J connectivity index is 1.77. The van der Waals surface area contributed by atoms with Crippen LogP contribution in [0.15, 0.2) is 81.1 Å². The highest BCUT2D eigenvalue weighted by atomic mass is 79.9. The number of carbonyl (C=O) groups excluding carboxylic acids is 1. The van der Waals surface area contributed by atoms with E-state index >= 15 is 0 Å². The summed E-state index contributed by atoms with van der Waals surface area (Å²) >= 11 is 16.9. The van der Waals surface area contributed by atoms with Crippen LogP contribution in [0.2, 0.25) is 10.0 Å². The molecule has 1 saturated heterocycles. The van der Waals surface area contributed by atoms with E-state index < -0.39 is 0 Å². The Morgan fingerprint density at radius 2 is 1.70 bits per heavy atom. The fraction of sp³-hybridized carbons (Fsp3) is 0.120. The lowest BCUT2D eigenvalue weighted by molar-refractivity contribution is -0.113. The molecule has 0 bridgehead atoms. The van der Waals surface area contributed by atoms with Crippen LogP contribution in [0.5, 0.6) is 5.75 Å². The first kappa shape index (κ1) is 23.9. The summed E-state index contributed by atoms with van der Waals surface area (Å²) < 4.78 is 6.79. The molecule has 3 aromatic rings. The van der Waals surface area contributed by atoms with Gasteiger partial charge in [0, 0.05) is 20.1 Å². The Kier molecular flexibility index (Phi) is 7.81. The van der Waals surface area contributed by atoms with Crippen molar-refractivity contribution in [2.75, 3.05) is 11.5 Å². The summed E-state index contributed by atoms with van der Waals surface area (Å²) in [5, 5.41) is 1.76. The standard InChI is InChI=1S/C25H19BrCl2N2O2S/c1-2-13-32-22-12-3-17(26)14-16(22)15-23-24(31)30(21-10-6-19(28)7-11-21)25(33-23)29-20-8-4-18(27)5-9-20/h3-12,14-15H,2,13H2,1H3/b23-15-,29-25?. The molecule has 1 aliphatic heterocycles. The number of amides is 1. The van der Waals surface area contributed by atoms with Gasteiger partial charge >= 0.3 is 0 Å². The summed E-state index contributed by atoms with van der Waals surface area (Å²) in [6.07, 6.45) is 2.73. The van der Waals surface area contributed by atoms with E-state index in [0.717, 1.165) is 22.2 Å². The number of carbonyl (C=O) groups is 1. The van der Waals surface area contributed by atoms with Crippen molar-refractivity contribution in [3.8, 4) is 5.75 Å². The molecular formula is C25H19BrCl2N2O2S. The van der Waals surface area contributed by atoms with Crippen LogP contribution >= 0.6 is 50.9 Å². The lowest BCUT2D eigenvalue weighted by Gasteiger charge is -2.15. The fourth-order valence-corrected chi connectivity index (χ4v) is 4.73. The summed E-state index contributed by atoms with van der Waals surface area (Å²) in [5.74, 6) is 0.554. The van der Waals surface area contributed by atoms with Crippen molar-refractivity contribution in [2.45, 2.75) is 13.3 Å². The normalized spacial score (nSPS) is 16.1. The highest BCUT2D eigenvalue weighted by Crippen LogP contribution is 2.39. The third-order valence-corrected chi connectivity index (χ3v) is 6.63. The molecule has 0 N–H and O–H groups in total. The van der Waals surface area contributed by atoms with E-state index in [2.05, 4.69) is 22.9 Å². The number of hydrogen-bond acceptors (Lipinski definition) is 4. The van der Waals surface area contributed by atoms with E-state index in [1.807, 2.05) is 36.4 Å². The molecule has 4 nitrogen and oxygen atoms in total. The minimum atomic E-state index is -0.170. The van der Waals surface area contributed by atoms with Crippen LogP contribution in [-0.2, 0) is 4.79 Å². The molecule has 0 saturated carbocycles. The van der Waals surface area contributed by atoms with Gasteiger partial charge in [-0.05, 0) is 91.0 Å². The van der Waals surface area contributed by atoms with Crippen LogP contribution in [-0.4, -0.2) is 17.7 Å². The van der Waals surface area contributed by atoms with Crippen molar-refractivity contribution >= 4 is 79.4 Å². The van der Waals surface area contributed by atoms with Crippen LogP contribution in [0, 0.1) is 0 Å². The van der Waals surface area contributed by atoms with E-state index in [1.165, 1.54) is 11.8 Å². The van der Waals surface area contributed by atoms with Crippen molar-refractivity contribution < 1.29 is 9.53 Å². The first-order valence-corrected chi connectivity index (χ1v) is 12.6. The molecule has 0 spiro atoms. The first-order valence-electron chi connectivity index (χ1n) is 10.2. The van der Waals surface area contributed by atoms with E-state index in [9.17, 15) is 4.79 Å². The fourth-order valence-electron chi connectivity index (χ4n) is 3.11. The number of thioether (sulfide) groups is 1. The minimum absolute atomic E-state index is 0.170. The maximum absolute atomic E-state index is 13.5. The van der Waals surface area contributed by atoms with Crippen LogP contribution < -0.4 is 9.64 Å². The van der Waals surface area contributed by atoms with Crippen molar-refractivity contribution in [1.82, 2.24) is 0 Å². The average molecular weight is 562 g/mol. The Hall–Kier alpha value is -2.25. The third-order valence-electron chi connectivity index (χ3n) is 4.66. The SMILES string of the molecule is CCCOc1ccc(Br)cc1/C=C1\SC(=Nc2ccc(Cl)cc2)N(c2ccc(Cl)cc2)C1=O. The second kappa shape index (κ2) is 10.8. The number of halogens is 3. The second-order valence-corrected chi connectivity index (χ2v) is 9.93. The van der Waals surface area contributed by atoms with Gasteiger partial charge in [0.25, 0.3) is 5.91 Å². The molecule has 4 rings (SSSR count). The summed E-state index contributed by atoms with van der Waals surface area (Å²) in [5.41, 5.74) is 2.20. The maximum atomic E-state index is 13.5. The van der Waals surface area contributed by atoms with E-state index in [-0.39, 0.29) is 5.91 Å². The summed E-state index contributed by atoms with van der Waals surface area (Å²) in [6.45, 7) is 2.65. The molecule has 168 valence electrons. The number of aliphatic imine (C=N–C) groups is 1. The molecule has 0 radical (unpaired) electrons. The van der Waals surface area contributed by atoms with Gasteiger partial charge in [-0.25, -0.2) is 4.99 Å². The number of rotatable bonds is 6. The van der Waals surface area contributed by atoms with Gasteiger partial charge in [0.1, 0.15) is 5.75 Å². The highest BCUT2D eigenvalue weighted by molar-refractivity contribution is 9.10. The van der Waals surface area contributed by atoms with Gasteiger partial charge < -0.3 is 4.74 Å². The Bertz CT molecular complexity index is 1230. The van der Waals surface area contributed by atoms with Crippen molar-refractivity contribution in [3.63, 3.8) is 0 Å². The molecule has 0 unspecified atom stereocenters. The lowest BCUT2D eigenvalue weighted by Crippen LogP contribution is -2.28. The van der Waals surface area contributed by atoms with Crippen LogP contribution in [0.4, 0.5) is 11.4 Å². The van der Waals surface area contributed by atoms with E-state index in [0.29, 0.717) is 38.1 Å². The number of hydrogen-bond donors (Lipinski definition) is 0. The molecule has 3 aromatic carbocycles. The predicted molar refractivity (Wildman–Crippen MR) is 143 cm³/mol. The second-order valence-electron chi connectivity index (χ2n) is 7.13. The lowest BCUT2D eigenvalue weighted by atomic mass is 10.2. The molecule has 0 aliphatic carbocycles. The van der Waals surface area contributed by atoms with Crippen LogP contribution in [0.3, 0.4) is 0 Å². The molecule has 1 amide bonds. The number of ether oxygens (including phenoxy) is 1. The van der Waals surface area contributed by atoms with E-state index in [1.54, 1.807) is 41.3 Å². The zero-order valence-electron chi connectivity index (χ0n) is 17.6. The maximum Gasteiger partial charge on any atom is 0.271 e. The highest BCUT2D eigenvalue weighted by Gasteiger charge is 2.35.